The third-order valence-corrected chi connectivity index (χ3v) is 4.40. The quantitative estimate of drug-likeness (QED) is 0.642. The zero-order valence-electron chi connectivity index (χ0n) is 15.2. The highest BCUT2D eigenvalue weighted by molar-refractivity contribution is 6.32. The summed E-state index contributed by atoms with van der Waals surface area (Å²) in [6.07, 6.45) is -5.31. The molecule has 152 valence electrons. The maximum absolute atomic E-state index is 13.3. The van der Waals surface area contributed by atoms with E-state index in [1.807, 2.05) is 0 Å². The van der Waals surface area contributed by atoms with Gasteiger partial charge in [0.2, 0.25) is 0 Å². The van der Waals surface area contributed by atoms with Gasteiger partial charge in [0.1, 0.15) is 0 Å². The number of nitrogens with one attached hydrogen (secondary N) is 1. The number of carbonyl (C=O) groups excluding carboxylic acids is 1. The van der Waals surface area contributed by atoms with Gasteiger partial charge in [-0.1, -0.05) is 35.9 Å². The van der Waals surface area contributed by atoms with Crippen LogP contribution in [0.5, 0.6) is 0 Å². The molecule has 0 bridgehead atoms. The van der Waals surface area contributed by atoms with Gasteiger partial charge in [0.05, 0.1) is 22.5 Å². The third-order valence-electron chi connectivity index (χ3n) is 4.08. The standard InChI is InChI=1S/C20H17ClF3N3O2/c1-12(28)11-25-19(29)14-8-6-13(7-9-14)17-10-18(20(22,23)24)26-27(17)16-5-3-2-4-15(16)21/h2-10,12,28H,11H2,1H3,(H,25,29)/t12-/m1/s1. The Hall–Kier alpha value is -2.84. The second kappa shape index (κ2) is 8.26. The Labute approximate surface area is 169 Å². The van der Waals surface area contributed by atoms with Crippen LogP contribution in [0, 0.1) is 0 Å². The molecule has 3 aromatic rings. The van der Waals surface area contributed by atoms with Crippen molar-refractivity contribution in [1.29, 1.82) is 0 Å². The first kappa shape index (κ1) is 20.9. The SMILES string of the molecule is C[C@@H](O)CNC(=O)c1ccc(-c2cc(C(F)(F)F)nn2-c2ccccc2Cl)cc1. The number of hydrogen-bond donors (Lipinski definition) is 2. The lowest BCUT2D eigenvalue weighted by Crippen LogP contribution is -2.30. The summed E-state index contributed by atoms with van der Waals surface area (Å²) >= 11 is 6.15. The Balaban J connectivity index is 2.01. The van der Waals surface area contributed by atoms with Crippen LogP contribution in [-0.2, 0) is 6.18 Å². The van der Waals surface area contributed by atoms with Gasteiger partial charge in [-0.2, -0.15) is 18.3 Å². The first-order valence-corrected chi connectivity index (χ1v) is 9.03. The van der Waals surface area contributed by atoms with E-state index in [0.29, 0.717) is 16.8 Å². The summed E-state index contributed by atoms with van der Waals surface area (Å²) in [6, 6.07) is 13.4. The Morgan fingerprint density at radius 1 is 1.21 bits per heavy atom. The molecule has 0 radical (unpaired) electrons. The van der Waals surface area contributed by atoms with Crippen LogP contribution in [0.25, 0.3) is 16.9 Å². The Kier molecular flexibility index (Phi) is 5.95. The van der Waals surface area contributed by atoms with Gasteiger partial charge in [-0.25, -0.2) is 4.68 Å². The van der Waals surface area contributed by atoms with Crippen LogP contribution in [0.3, 0.4) is 0 Å². The Bertz CT molecular complexity index is 1010. The first-order chi connectivity index (χ1) is 13.7. The monoisotopic (exact) mass is 423 g/mol. The minimum absolute atomic E-state index is 0.0921. The van der Waals surface area contributed by atoms with E-state index in [-0.39, 0.29) is 17.3 Å². The summed E-state index contributed by atoms with van der Waals surface area (Å²) in [7, 11) is 0. The molecule has 1 amide bonds. The van der Waals surface area contributed by atoms with Gasteiger partial charge in [-0.3, -0.25) is 4.79 Å². The highest BCUT2D eigenvalue weighted by Gasteiger charge is 2.35. The van der Waals surface area contributed by atoms with Gasteiger partial charge in [0.15, 0.2) is 5.69 Å². The average Bonchev–Trinajstić information content (AvgIpc) is 3.12. The van der Waals surface area contributed by atoms with Crippen molar-refractivity contribution in [2.75, 3.05) is 6.54 Å². The van der Waals surface area contributed by atoms with E-state index in [2.05, 4.69) is 10.4 Å². The summed E-state index contributed by atoms with van der Waals surface area (Å²) in [5, 5.41) is 15.7. The lowest BCUT2D eigenvalue weighted by molar-refractivity contribution is -0.141. The number of nitrogens with zero attached hydrogens (tertiary/aromatic N) is 2. The number of alkyl halides is 3. The predicted molar refractivity (Wildman–Crippen MR) is 103 cm³/mol. The van der Waals surface area contributed by atoms with Crippen molar-refractivity contribution < 1.29 is 23.1 Å². The largest absolute Gasteiger partial charge is 0.435 e. The fourth-order valence-electron chi connectivity index (χ4n) is 2.67. The number of aromatic nitrogens is 2. The topological polar surface area (TPSA) is 67.2 Å². The Morgan fingerprint density at radius 3 is 2.45 bits per heavy atom. The maximum Gasteiger partial charge on any atom is 0.435 e. The van der Waals surface area contributed by atoms with Gasteiger partial charge in [-0.05, 0) is 37.3 Å². The molecule has 29 heavy (non-hydrogen) atoms. The number of aliphatic hydroxyl groups excluding tert-OH is 1. The molecule has 2 aromatic carbocycles. The molecule has 9 heteroatoms. The summed E-state index contributed by atoms with van der Waals surface area (Å²) in [5.74, 6) is -0.395. The van der Waals surface area contributed by atoms with Crippen molar-refractivity contribution in [3.8, 4) is 16.9 Å². The smallest absolute Gasteiger partial charge is 0.392 e. The fraction of sp³-hybridized carbons (Fsp3) is 0.200. The molecule has 0 unspecified atom stereocenters. The first-order valence-electron chi connectivity index (χ1n) is 8.65. The molecule has 0 saturated heterocycles. The molecule has 1 aromatic heterocycles. The number of carbonyl (C=O) groups is 1. The van der Waals surface area contributed by atoms with E-state index >= 15 is 0 Å². The van der Waals surface area contributed by atoms with Gasteiger partial charge >= 0.3 is 6.18 Å². The summed E-state index contributed by atoms with van der Waals surface area (Å²) in [4.78, 5) is 12.1. The van der Waals surface area contributed by atoms with E-state index in [9.17, 15) is 23.1 Å². The minimum atomic E-state index is -4.62. The number of benzene rings is 2. The van der Waals surface area contributed by atoms with Crippen molar-refractivity contribution >= 4 is 17.5 Å². The van der Waals surface area contributed by atoms with Crippen LogP contribution in [0.4, 0.5) is 13.2 Å². The number of para-hydroxylation sites is 1. The van der Waals surface area contributed by atoms with Gasteiger partial charge < -0.3 is 10.4 Å². The van der Waals surface area contributed by atoms with Crippen LogP contribution in [0.15, 0.2) is 54.6 Å². The number of amides is 1. The van der Waals surface area contributed by atoms with E-state index in [1.165, 1.54) is 31.2 Å². The molecule has 1 heterocycles. The van der Waals surface area contributed by atoms with Crippen LogP contribution in [0.1, 0.15) is 23.0 Å². The molecule has 0 aliphatic heterocycles. The van der Waals surface area contributed by atoms with Crippen molar-refractivity contribution in [2.24, 2.45) is 0 Å². The van der Waals surface area contributed by atoms with E-state index in [1.54, 1.807) is 24.3 Å². The molecule has 5 nitrogen and oxygen atoms in total. The van der Waals surface area contributed by atoms with Gasteiger partial charge in [0, 0.05) is 17.7 Å². The molecule has 1 atom stereocenters. The van der Waals surface area contributed by atoms with E-state index in [4.69, 9.17) is 11.6 Å². The zero-order valence-corrected chi connectivity index (χ0v) is 16.0. The van der Waals surface area contributed by atoms with Crippen molar-refractivity contribution in [1.82, 2.24) is 15.1 Å². The molecule has 0 saturated carbocycles. The fourth-order valence-corrected chi connectivity index (χ4v) is 2.88. The van der Waals surface area contributed by atoms with E-state index in [0.717, 1.165) is 10.7 Å². The highest BCUT2D eigenvalue weighted by Crippen LogP contribution is 2.34. The number of rotatable bonds is 5. The number of halogens is 4. The second-order valence-corrected chi connectivity index (χ2v) is 6.82. The van der Waals surface area contributed by atoms with Crippen LogP contribution in [0.2, 0.25) is 5.02 Å². The van der Waals surface area contributed by atoms with Crippen molar-refractivity contribution in [2.45, 2.75) is 19.2 Å². The zero-order chi connectivity index (χ0) is 21.2. The van der Waals surface area contributed by atoms with Crippen LogP contribution >= 0.6 is 11.6 Å². The molecule has 0 spiro atoms. The predicted octanol–water partition coefficient (Wildman–Crippen LogP) is 4.32. The third kappa shape index (κ3) is 4.78. The molecule has 3 rings (SSSR count). The van der Waals surface area contributed by atoms with Gasteiger partial charge in [-0.15, -0.1) is 0 Å². The molecule has 0 aliphatic rings. The molecular formula is C20H17ClF3N3O2. The summed E-state index contributed by atoms with van der Waals surface area (Å²) in [6.45, 7) is 1.63. The molecule has 0 aliphatic carbocycles. The molecule has 0 fully saturated rings. The second-order valence-electron chi connectivity index (χ2n) is 6.41. The summed E-state index contributed by atoms with van der Waals surface area (Å²) in [5.41, 5.74) is 0.181. The molecule has 2 N–H and O–H groups in total. The normalized spacial score (nSPS) is 12.6. The average molecular weight is 424 g/mol. The van der Waals surface area contributed by atoms with Crippen molar-refractivity contribution in [3.05, 3.63) is 70.9 Å². The maximum atomic E-state index is 13.3. The minimum Gasteiger partial charge on any atom is -0.392 e. The van der Waals surface area contributed by atoms with Crippen LogP contribution < -0.4 is 5.32 Å². The van der Waals surface area contributed by atoms with Gasteiger partial charge in [0.25, 0.3) is 5.91 Å². The molecular weight excluding hydrogens is 407 g/mol. The van der Waals surface area contributed by atoms with Crippen LogP contribution in [-0.4, -0.2) is 33.4 Å². The van der Waals surface area contributed by atoms with Crippen molar-refractivity contribution in [3.63, 3.8) is 0 Å². The highest BCUT2D eigenvalue weighted by atomic mass is 35.5. The lowest BCUT2D eigenvalue weighted by Gasteiger charge is -2.10. The number of aliphatic hydroxyl groups is 1. The Morgan fingerprint density at radius 2 is 1.86 bits per heavy atom. The lowest BCUT2D eigenvalue weighted by atomic mass is 10.1. The summed E-state index contributed by atoms with van der Waals surface area (Å²) < 4.78 is 40.9. The number of hydrogen-bond acceptors (Lipinski definition) is 3. The van der Waals surface area contributed by atoms with E-state index < -0.39 is 23.9 Å².